The monoisotopic (exact) mass is 308 g/mol. The highest BCUT2D eigenvalue weighted by Crippen LogP contribution is 2.23. The van der Waals surface area contributed by atoms with Crippen LogP contribution < -0.4 is 10.6 Å². The van der Waals surface area contributed by atoms with Crippen LogP contribution in [0.15, 0.2) is 4.99 Å². The minimum atomic E-state index is -4.15. The fourth-order valence-electron chi connectivity index (χ4n) is 2.70. The third-order valence-corrected chi connectivity index (χ3v) is 3.74. The van der Waals surface area contributed by atoms with Gasteiger partial charge in [0, 0.05) is 26.2 Å². The second-order valence-electron chi connectivity index (χ2n) is 5.96. The average Bonchev–Trinajstić information content (AvgIpc) is 2.35. The van der Waals surface area contributed by atoms with Crippen LogP contribution in [0, 0.1) is 5.92 Å². The maximum absolute atomic E-state index is 12.2. The van der Waals surface area contributed by atoms with Gasteiger partial charge in [0.05, 0.1) is 6.54 Å². The summed E-state index contributed by atoms with van der Waals surface area (Å²) < 4.78 is 36.6. The van der Waals surface area contributed by atoms with Crippen LogP contribution in [0.4, 0.5) is 13.2 Å². The molecule has 1 aliphatic rings. The Morgan fingerprint density at radius 3 is 2.62 bits per heavy atom. The first-order valence-corrected chi connectivity index (χ1v) is 7.52. The van der Waals surface area contributed by atoms with Gasteiger partial charge in [-0.1, -0.05) is 19.8 Å². The predicted octanol–water partition coefficient (Wildman–Crippen LogP) is 2.22. The van der Waals surface area contributed by atoms with Crippen molar-refractivity contribution >= 4 is 5.96 Å². The van der Waals surface area contributed by atoms with Crippen LogP contribution in [0.25, 0.3) is 0 Å². The fourth-order valence-corrected chi connectivity index (χ4v) is 2.70. The van der Waals surface area contributed by atoms with E-state index in [-0.39, 0.29) is 0 Å². The van der Waals surface area contributed by atoms with E-state index in [9.17, 15) is 13.2 Å². The van der Waals surface area contributed by atoms with Crippen LogP contribution in [0.2, 0.25) is 0 Å². The summed E-state index contributed by atoms with van der Waals surface area (Å²) >= 11 is 0. The van der Waals surface area contributed by atoms with Gasteiger partial charge < -0.3 is 10.6 Å². The van der Waals surface area contributed by atoms with Crippen LogP contribution in [0.1, 0.15) is 32.6 Å². The van der Waals surface area contributed by atoms with Crippen LogP contribution in [0.3, 0.4) is 0 Å². The molecule has 7 heteroatoms. The van der Waals surface area contributed by atoms with Gasteiger partial charge in [0.15, 0.2) is 5.96 Å². The number of rotatable bonds is 5. The van der Waals surface area contributed by atoms with Crippen molar-refractivity contribution in [2.24, 2.45) is 10.9 Å². The van der Waals surface area contributed by atoms with Crippen LogP contribution >= 0.6 is 0 Å². The number of likely N-dealkylation sites (N-methyl/N-ethyl adjacent to an activating group) is 1. The zero-order valence-corrected chi connectivity index (χ0v) is 13.1. The van der Waals surface area contributed by atoms with Gasteiger partial charge in [0.25, 0.3) is 0 Å². The van der Waals surface area contributed by atoms with Crippen molar-refractivity contribution in [2.45, 2.75) is 44.8 Å². The Morgan fingerprint density at radius 2 is 2.05 bits per heavy atom. The number of nitrogens with one attached hydrogen (secondary N) is 2. The lowest BCUT2D eigenvalue weighted by atomic mass is 9.87. The van der Waals surface area contributed by atoms with Gasteiger partial charge in [-0.3, -0.25) is 9.89 Å². The Hall–Kier alpha value is -0.980. The van der Waals surface area contributed by atoms with Gasteiger partial charge in [0.1, 0.15) is 0 Å². The number of nitrogens with zero attached hydrogens (tertiary/aromatic N) is 2. The third kappa shape index (κ3) is 8.14. The van der Waals surface area contributed by atoms with E-state index in [2.05, 4.69) is 22.5 Å². The first-order chi connectivity index (χ1) is 9.80. The molecule has 0 amide bonds. The summed E-state index contributed by atoms with van der Waals surface area (Å²) in [6.07, 6.45) is 0.581. The first-order valence-electron chi connectivity index (χ1n) is 7.52. The highest BCUT2D eigenvalue weighted by molar-refractivity contribution is 5.79. The van der Waals surface area contributed by atoms with Crippen LogP contribution in [-0.4, -0.2) is 56.8 Å². The van der Waals surface area contributed by atoms with E-state index in [1.54, 1.807) is 7.05 Å². The van der Waals surface area contributed by atoms with Crippen LogP contribution in [-0.2, 0) is 0 Å². The van der Waals surface area contributed by atoms with Gasteiger partial charge in [0.2, 0.25) is 0 Å². The SMILES string of the molecule is CN=C(NCCN(C)CC(F)(F)F)NC1CCCC(C)C1. The van der Waals surface area contributed by atoms with E-state index in [0.717, 1.165) is 12.8 Å². The molecule has 0 heterocycles. The summed E-state index contributed by atoms with van der Waals surface area (Å²) in [4.78, 5) is 5.39. The van der Waals surface area contributed by atoms with Crippen molar-refractivity contribution in [3.63, 3.8) is 0 Å². The number of hydrogen-bond acceptors (Lipinski definition) is 2. The summed E-state index contributed by atoms with van der Waals surface area (Å²) in [6.45, 7) is 2.12. The standard InChI is InChI=1S/C14H27F3N4/c1-11-5-4-6-12(9-11)20-13(18-2)19-7-8-21(3)10-14(15,16)17/h11-12H,4-10H2,1-3H3,(H2,18,19,20). The summed E-state index contributed by atoms with van der Waals surface area (Å²) in [6, 6.07) is 0.410. The lowest BCUT2D eigenvalue weighted by Crippen LogP contribution is -2.47. The quantitative estimate of drug-likeness (QED) is 0.604. The number of alkyl halides is 3. The van der Waals surface area contributed by atoms with Gasteiger partial charge in [-0.2, -0.15) is 13.2 Å². The molecule has 0 bridgehead atoms. The molecule has 124 valence electrons. The smallest absolute Gasteiger partial charge is 0.355 e. The molecular formula is C14H27F3N4. The molecule has 1 saturated carbocycles. The minimum absolute atomic E-state index is 0.321. The molecule has 2 atom stereocenters. The van der Waals surface area contributed by atoms with Crippen molar-refractivity contribution in [1.82, 2.24) is 15.5 Å². The second kappa shape index (κ2) is 8.46. The summed E-state index contributed by atoms with van der Waals surface area (Å²) in [5.74, 6) is 1.39. The van der Waals surface area contributed by atoms with E-state index >= 15 is 0 Å². The average molecular weight is 308 g/mol. The van der Waals surface area contributed by atoms with Gasteiger partial charge in [-0.05, 0) is 25.8 Å². The van der Waals surface area contributed by atoms with E-state index < -0.39 is 12.7 Å². The molecule has 0 aromatic carbocycles. The fraction of sp³-hybridized carbons (Fsp3) is 0.929. The van der Waals surface area contributed by atoms with Crippen LogP contribution in [0.5, 0.6) is 0 Å². The Balaban J connectivity index is 2.25. The Morgan fingerprint density at radius 1 is 1.33 bits per heavy atom. The Bertz CT molecular complexity index is 331. The summed E-state index contributed by atoms with van der Waals surface area (Å²) in [5.41, 5.74) is 0. The predicted molar refractivity (Wildman–Crippen MR) is 79.5 cm³/mol. The second-order valence-corrected chi connectivity index (χ2v) is 5.96. The number of halogens is 3. The topological polar surface area (TPSA) is 39.7 Å². The van der Waals surface area contributed by atoms with Crippen molar-refractivity contribution in [1.29, 1.82) is 0 Å². The normalized spacial score (nSPS) is 24.2. The lowest BCUT2D eigenvalue weighted by molar-refractivity contribution is -0.142. The zero-order chi connectivity index (χ0) is 15.9. The maximum atomic E-state index is 12.2. The number of guanidine groups is 1. The van der Waals surface area contributed by atoms with E-state index in [0.29, 0.717) is 31.0 Å². The largest absolute Gasteiger partial charge is 0.401 e. The molecule has 0 saturated heterocycles. The Labute approximate surface area is 125 Å². The summed E-state index contributed by atoms with van der Waals surface area (Å²) in [7, 11) is 3.15. The lowest BCUT2D eigenvalue weighted by Gasteiger charge is -2.29. The molecule has 1 fully saturated rings. The molecule has 0 aromatic rings. The molecule has 0 radical (unpaired) electrons. The molecule has 2 N–H and O–H groups in total. The molecule has 1 rings (SSSR count). The van der Waals surface area contributed by atoms with Gasteiger partial charge in [-0.25, -0.2) is 0 Å². The van der Waals surface area contributed by atoms with Gasteiger partial charge in [-0.15, -0.1) is 0 Å². The highest BCUT2D eigenvalue weighted by Gasteiger charge is 2.28. The molecule has 4 nitrogen and oxygen atoms in total. The number of aliphatic imine (C=N–C) groups is 1. The van der Waals surface area contributed by atoms with E-state index in [4.69, 9.17) is 0 Å². The Kier molecular flexibility index (Phi) is 7.28. The van der Waals surface area contributed by atoms with E-state index in [1.807, 2.05) is 0 Å². The molecule has 0 spiro atoms. The van der Waals surface area contributed by atoms with E-state index in [1.165, 1.54) is 24.8 Å². The maximum Gasteiger partial charge on any atom is 0.401 e. The zero-order valence-electron chi connectivity index (χ0n) is 13.1. The highest BCUT2D eigenvalue weighted by atomic mass is 19.4. The minimum Gasteiger partial charge on any atom is -0.355 e. The van der Waals surface area contributed by atoms with Crippen molar-refractivity contribution in [2.75, 3.05) is 33.7 Å². The third-order valence-electron chi connectivity index (χ3n) is 3.74. The van der Waals surface area contributed by atoms with Crippen molar-refractivity contribution in [3.05, 3.63) is 0 Å². The molecule has 21 heavy (non-hydrogen) atoms. The number of hydrogen-bond donors (Lipinski definition) is 2. The summed E-state index contributed by atoms with van der Waals surface area (Å²) in [5, 5.41) is 6.43. The first kappa shape index (κ1) is 18.1. The molecular weight excluding hydrogens is 281 g/mol. The molecule has 2 unspecified atom stereocenters. The van der Waals surface area contributed by atoms with Gasteiger partial charge >= 0.3 is 6.18 Å². The van der Waals surface area contributed by atoms with Crippen molar-refractivity contribution in [3.8, 4) is 0 Å². The molecule has 1 aliphatic carbocycles. The van der Waals surface area contributed by atoms with Crippen molar-refractivity contribution < 1.29 is 13.2 Å². The molecule has 0 aliphatic heterocycles. The molecule has 0 aromatic heterocycles.